The van der Waals surface area contributed by atoms with Crippen LogP contribution in [0.25, 0.3) is 0 Å². The first-order chi connectivity index (χ1) is 8.66. The molecule has 0 aliphatic carbocycles. The number of halogens is 1. The molecule has 3 heteroatoms. The second-order valence-corrected chi connectivity index (χ2v) is 5.98. The van der Waals surface area contributed by atoms with Gasteiger partial charge >= 0.3 is 0 Å². The molecule has 2 nitrogen and oxygen atoms in total. The van der Waals surface area contributed by atoms with Gasteiger partial charge in [0.15, 0.2) is 5.78 Å². The quantitative estimate of drug-likeness (QED) is 0.769. The standard InChI is InChI=1S/C15H20BrNO/c1-12-4-2-10-17(12)11-3-5-15(18)13-6-8-14(16)9-7-13/h6-9,12H,2-5,10-11H2,1H3. The highest BCUT2D eigenvalue weighted by molar-refractivity contribution is 9.10. The molecule has 1 aliphatic heterocycles. The molecule has 1 unspecified atom stereocenters. The maximum atomic E-state index is 12.0. The Hall–Kier alpha value is -0.670. The molecule has 1 aromatic carbocycles. The molecule has 1 heterocycles. The Morgan fingerprint density at radius 2 is 2.11 bits per heavy atom. The number of ketones is 1. The number of Topliss-reactive ketones (excluding diaryl/α,β-unsaturated/α-hetero) is 1. The van der Waals surface area contributed by atoms with E-state index in [-0.39, 0.29) is 5.78 Å². The molecule has 1 atom stereocenters. The molecule has 0 amide bonds. The number of hydrogen-bond acceptors (Lipinski definition) is 2. The predicted octanol–water partition coefficient (Wildman–Crippen LogP) is 3.90. The van der Waals surface area contributed by atoms with Crippen molar-refractivity contribution in [2.24, 2.45) is 0 Å². The van der Waals surface area contributed by atoms with Crippen molar-refractivity contribution in [1.82, 2.24) is 4.90 Å². The lowest BCUT2D eigenvalue weighted by Gasteiger charge is -2.20. The highest BCUT2D eigenvalue weighted by Crippen LogP contribution is 2.17. The minimum atomic E-state index is 0.259. The number of nitrogens with zero attached hydrogens (tertiary/aromatic N) is 1. The molecule has 18 heavy (non-hydrogen) atoms. The lowest BCUT2D eigenvalue weighted by Crippen LogP contribution is -2.28. The third-order valence-corrected chi connectivity index (χ3v) is 4.23. The Kier molecular flexibility index (Phi) is 4.95. The van der Waals surface area contributed by atoms with Crippen LogP contribution in [-0.4, -0.2) is 29.8 Å². The first-order valence-corrected chi connectivity index (χ1v) is 7.49. The number of rotatable bonds is 5. The summed E-state index contributed by atoms with van der Waals surface area (Å²) in [5.41, 5.74) is 0.827. The van der Waals surface area contributed by atoms with Crippen molar-refractivity contribution in [2.45, 2.75) is 38.6 Å². The summed E-state index contributed by atoms with van der Waals surface area (Å²) in [7, 11) is 0. The van der Waals surface area contributed by atoms with Gasteiger partial charge in [-0.2, -0.15) is 0 Å². The van der Waals surface area contributed by atoms with E-state index in [2.05, 4.69) is 27.8 Å². The zero-order chi connectivity index (χ0) is 13.0. The Bertz CT molecular complexity index is 401. The summed E-state index contributed by atoms with van der Waals surface area (Å²) < 4.78 is 1.02. The van der Waals surface area contributed by atoms with Crippen LogP contribution in [0.2, 0.25) is 0 Å². The van der Waals surface area contributed by atoms with Gasteiger partial charge in [0.25, 0.3) is 0 Å². The third-order valence-electron chi connectivity index (χ3n) is 3.71. The lowest BCUT2D eigenvalue weighted by molar-refractivity contribution is 0.0974. The predicted molar refractivity (Wildman–Crippen MR) is 78.0 cm³/mol. The van der Waals surface area contributed by atoms with Gasteiger partial charge in [0.05, 0.1) is 0 Å². The number of hydrogen-bond donors (Lipinski definition) is 0. The lowest BCUT2D eigenvalue weighted by atomic mass is 10.1. The minimum absolute atomic E-state index is 0.259. The molecular formula is C15H20BrNO. The summed E-state index contributed by atoms with van der Waals surface area (Å²) in [6.45, 7) is 4.54. The first-order valence-electron chi connectivity index (χ1n) is 6.69. The van der Waals surface area contributed by atoms with E-state index in [0.717, 1.165) is 23.0 Å². The van der Waals surface area contributed by atoms with Crippen LogP contribution in [0.15, 0.2) is 28.7 Å². The smallest absolute Gasteiger partial charge is 0.162 e. The monoisotopic (exact) mass is 309 g/mol. The van der Waals surface area contributed by atoms with Crippen molar-refractivity contribution in [3.05, 3.63) is 34.3 Å². The molecule has 0 aromatic heterocycles. The highest BCUT2D eigenvalue weighted by atomic mass is 79.9. The molecule has 0 bridgehead atoms. The van der Waals surface area contributed by atoms with Gasteiger partial charge in [-0.15, -0.1) is 0 Å². The van der Waals surface area contributed by atoms with Gasteiger partial charge < -0.3 is 4.90 Å². The van der Waals surface area contributed by atoms with Gasteiger partial charge in [0, 0.05) is 22.5 Å². The average molecular weight is 310 g/mol. The fraction of sp³-hybridized carbons (Fsp3) is 0.533. The highest BCUT2D eigenvalue weighted by Gasteiger charge is 2.19. The van der Waals surface area contributed by atoms with Crippen LogP contribution in [0.5, 0.6) is 0 Å². The molecule has 0 N–H and O–H groups in total. The van der Waals surface area contributed by atoms with Gasteiger partial charge in [-0.1, -0.05) is 28.1 Å². The fourth-order valence-electron chi connectivity index (χ4n) is 2.55. The Morgan fingerprint density at radius 3 is 2.72 bits per heavy atom. The van der Waals surface area contributed by atoms with E-state index in [4.69, 9.17) is 0 Å². The number of carbonyl (C=O) groups excluding carboxylic acids is 1. The molecule has 1 aromatic rings. The van der Waals surface area contributed by atoms with E-state index in [9.17, 15) is 4.79 Å². The molecule has 0 spiro atoms. The van der Waals surface area contributed by atoms with Crippen molar-refractivity contribution >= 4 is 21.7 Å². The van der Waals surface area contributed by atoms with Crippen LogP contribution >= 0.6 is 15.9 Å². The van der Waals surface area contributed by atoms with Gasteiger partial charge in [0.1, 0.15) is 0 Å². The van der Waals surface area contributed by atoms with E-state index in [0.29, 0.717) is 12.5 Å². The van der Waals surface area contributed by atoms with Crippen LogP contribution in [-0.2, 0) is 0 Å². The molecule has 98 valence electrons. The third kappa shape index (κ3) is 3.66. The van der Waals surface area contributed by atoms with Gasteiger partial charge in [-0.05, 0) is 51.4 Å². The first kappa shape index (κ1) is 13.8. The normalized spacial score (nSPS) is 20.2. The van der Waals surface area contributed by atoms with E-state index < -0.39 is 0 Å². The summed E-state index contributed by atoms with van der Waals surface area (Å²) in [5, 5.41) is 0. The van der Waals surface area contributed by atoms with Crippen molar-refractivity contribution in [3.63, 3.8) is 0 Å². The summed E-state index contributed by atoms with van der Waals surface area (Å²) >= 11 is 3.38. The van der Waals surface area contributed by atoms with Gasteiger partial charge in [-0.25, -0.2) is 0 Å². The van der Waals surface area contributed by atoms with E-state index in [1.54, 1.807) is 0 Å². The Balaban J connectivity index is 1.76. The number of benzene rings is 1. The SMILES string of the molecule is CC1CCCN1CCCC(=O)c1ccc(Br)cc1. The van der Waals surface area contributed by atoms with Gasteiger partial charge in [0.2, 0.25) is 0 Å². The molecule has 2 rings (SSSR count). The van der Waals surface area contributed by atoms with Crippen LogP contribution in [0.4, 0.5) is 0 Å². The van der Waals surface area contributed by atoms with Crippen molar-refractivity contribution < 1.29 is 4.79 Å². The molecule has 1 aliphatic rings. The molecule has 0 radical (unpaired) electrons. The molecule has 1 saturated heterocycles. The Labute approximate surface area is 117 Å². The minimum Gasteiger partial charge on any atom is -0.301 e. The van der Waals surface area contributed by atoms with E-state index >= 15 is 0 Å². The topological polar surface area (TPSA) is 20.3 Å². The number of likely N-dealkylation sites (tertiary alicyclic amines) is 1. The summed E-state index contributed by atoms with van der Waals surface area (Å²) in [6, 6.07) is 8.34. The second kappa shape index (κ2) is 6.48. The van der Waals surface area contributed by atoms with E-state index in [1.165, 1.54) is 19.4 Å². The number of carbonyl (C=O) groups is 1. The fourth-order valence-corrected chi connectivity index (χ4v) is 2.81. The summed E-state index contributed by atoms with van der Waals surface area (Å²) in [4.78, 5) is 14.5. The van der Waals surface area contributed by atoms with Crippen molar-refractivity contribution in [3.8, 4) is 0 Å². The van der Waals surface area contributed by atoms with Crippen molar-refractivity contribution in [1.29, 1.82) is 0 Å². The average Bonchev–Trinajstić information content (AvgIpc) is 2.76. The van der Waals surface area contributed by atoms with E-state index in [1.807, 2.05) is 24.3 Å². The maximum absolute atomic E-state index is 12.0. The second-order valence-electron chi connectivity index (χ2n) is 5.06. The van der Waals surface area contributed by atoms with Crippen LogP contribution < -0.4 is 0 Å². The zero-order valence-corrected chi connectivity index (χ0v) is 12.4. The molecule has 0 saturated carbocycles. The largest absolute Gasteiger partial charge is 0.301 e. The summed E-state index contributed by atoms with van der Waals surface area (Å²) in [6.07, 6.45) is 4.24. The zero-order valence-electron chi connectivity index (χ0n) is 10.9. The van der Waals surface area contributed by atoms with Gasteiger partial charge in [-0.3, -0.25) is 4.79 Å². The Morgan fingerprint density at radius 1 is 1.39 bits per heavy atom. The molecule has 1 fully saturated rings. The van der Waals surface area contributed by atoms with Crippen LogP contribution in [0.1, 0.15) is 43.0 Å². The van der Waals surface area contributed by atoms with Crippen LogP contribution in [0.3, 0.4) is 0 Å². The molecular weight excluding hydrogens is 290 g/mol. The maximum Gasteiger partial charge on any atom is 0.162 e. The van der Waals surface area contributed by atoms with Crippen molar-refractivity contribution in [2.75, 3.05) is 13.1 Å². The van der Waals surface area contributed by atoms with Crippen LogP contribution in [0, 0.1) is 0 Å². The summed E-state index contributed by atoms with van der Waals surface area (Å²) in [5.74, 6) is 0.259.